The van der Waals surface area contributed by atoms with Crippen molar-refractivity contribution < 1.29 is 14.6 Å². The summed E-state index contributed by atoms with van der Waals surface area (Å²) in [4.78, 5) is 14.0. The summed E-state index contributed by atoms with van der Waals surface area (Å²) in [5.74, 6) is 1.22. The summed E-state index contributed by atoms with van der Waals surface area (Å²) >= 11 is 0. The number of aliphatic hydroxyl groups is 1. The van der Waals surface area contributed by atoms with Gasteiger partial charge < -0.3 is 14.7 Å². The van der Waals surface area contributed by atoms with Gasteiger partial charge in [0.2, 0.25) is 5.91 Å². The maximum absolute atomic E-state index is 12.2. The number of nitrogens with zero attached hydrogens (tertiary/aromatic N) is 1. The summed E-state index contributed by atoms with van der Waals surface area (Å²) in [6.45, 7) is 3.27. The van der Waals surface area contributed by atoms with Crippen LogP contribution in [0.2, 0.25) is 0 Å². The fraction of sp³-hybridized carbons (Fsp3) is 0.588. The zero-order chi connectivity index (χ0) is 14.9. The highest BCUT2D eigenvalue weighted by molar-refractivity contribution is 5.80. The quantitative estimate of drug-likeness (QED) is 0.924. The van der Waals surface area contributed by atoms with E-state index in [0.29, 0.717) is 19.5 Å². The molecule has 1 aliphatic heterocycles. The van der Waals surface area contributed by atoms with E-state index >= 15 is 0 Å². The molecule has 1 saturated heterocycles. The van der Waals surface area contributed by atoms with Gasteiger partial charge in [-0.15, -0.1) is 0 Å². The first kappa shape index (κ1) is 14.4. The van der Waals surface area contributed by atoms with Gasteiger partial charge >= 0.3 is 0 Å². The molecular formula is C17H23NO3. The molecule has 1 heterocycles. The molecule has 1 aromatic carbocycles. The van der Waals surface area contributed by atoms with Crippen LogP contribution in [0, 0.1) is 12.8 Å². The minimum Gasteiger partial charge on any atom is -0.490 e. The van der Waals surface area contributed by atoms with Crippen molar-refractivity contribution in [1.29, 1.82) is 0 Å². The molecule has 1 aliphatic carbocycles. The van der Waals surface area contributed by atoms with Gasteiger partial charge in [-0.25, -0.2) is 0 Å². The lowest BCUT2D eigenvalue weighted by atomic mass is 9.84. The Morgan fingerprint density at radius 1 is 1.43 bits per heavy atom. The number of rotatable bonds is 4. The monoisotopic (exact) mass is 289 g/mol. The Balaban J connectivity index is 1.56. The number of para-hydroxylation sites is 1. The Hall–Kier alpha value is -1.55. The smallest absolute Gasteiger partial charge is 0.225 e. The van der Waals surface area contributed by atoms with E-state index < -0.39 is 5.60 Å². The zero-order valence-corrected chi connectivity index (χ0v) is 12.5. The van der Waals surface area contributed by atoms with Crippen LogP contribution in [0.4, 0.5) is 0 Å². The van der Waals surface area contributed by atoms with Gasteiger partial charge in [0.25, 0.3) is 0 Å². The highest BCUT2D eigenvalue weighted by atomic mass is 16.5. The molecule has 0 unspecified atom stereocenters. The molecule has 1 aromatic rings. The molecule has 0 radical (unpaired) electrons. The Kier molecular flexibility index (Phi) is 3.89. The lowest BCUT2D eigenvalue weighted by molar-refractivity contribution is -0.138. The molecule has 4 nitrogen and oxygen atoms in total. The van der Waals surface area contributed by atoms with E-state index in [1.165, 1.54) is 0 Å². The maximum atomic E-state index is 12.2. The summed E-state index contributed by atoms with van der Waals surface area (Å²) in [5.41, 5.74) is 0.142. The lowest BCUT2D eigenvalue weighted by Gasteiger charge is -2.30. The fourth-order valence-electron chi connectivity index (χ4n) is 3.01. The molecule has 2 aliphatic rings. The van der Waals surface area contributed by atoms with Gasteiger partial charge in [0.15, 0.2) is 0 Å². The van der Waals surface area contributed by atoms with Gasteiger partial charge in [-0.1, -0.05) is 24.6 Å². The molecule has 1 saturated carbocycles. The maximum Gasteiger partial charge on any atom is 0.225 e. The topological polar surface area (TPSA) is 49.8 Å². The Bertz CT molecular complexity index is 527. The third-order valence-electron chi connectivity index (χ3n) is 4.69. The van der Waals surface area contributed by atoms with E-state index in [2.05, 4.69) is 0 Å². The van der Waals surface area contributed by atoms with Crippen LogP contribution in [-0.2, 0) is 4.79 Å². The third kappa shape index (κ3) is 3.05. The van der Waals surface area contributed by atoms with Gasteiger partial charge in [0, 0.05) is 12.5 Å². The molecule has 21 heavy (non-hydrogen) atoms. The van der Waals surface area contributed by atoms with Gasteiger partial charge in [-0.3, -0.25) is 4.79 Å². The standard InChI is InChI=1S/C17H23NO3/c1-13-5-2-3-8-15(13)21-12-17(20)9-10-18(11-17)16(19)14-6-4-7-14/h2-3,5,8,14,20H,4,6-7,9-12H2,1H3/t17-/m0/s1. The van der Waals surface area contributed by atoms with Crippen LogP contribution in [0.1, 0.15) is 31.2 Å². The first-order chi connectivity index (χ1) is 10.1. The van der Waals surface area contributed by atoms with Gasteiger partial charge in [0.1, 0.15) is 18.0 Å². The second-order valence-corrected chi connectivity index (χ2v) is 6.42. The number of hydrogen-bond donors (Lipinski definition) is 1. The molecule has 0 spiro atoms. The molecule has 4 heteroatoms. The van der Waals surface area contributed by atoms with Crippen LogP contribution in [0.15, 0.2) is 24.3 Å². The summed E-state index contributed by atoms with van der Waals surface area (Å²) in [5, 5.41) is 10.6. The van der Waals surface area contributed by atoms with Crippen molar-refractivity contribution in [3.63, 3.8) is 0 Å². The zero-order valence-electron chi connectivity index (χ0n) is 12.5. The van der Waals surface area contributed by atoms with E-state index in [-0.39, 0.29) is 18.4 Å². The largest absolute Gasteiger partial charge is 0.490 e. The van der Waals surface area contributed by atoms with Crippen molar-refractivity contribution in [3.05, 3.63) is 29.8 Å². The molecule has 1 atom stereocenters. The Morgan fingerprint density at radius 2 is 2.19 bits per heavy atom. The number of amides is 1. The van der Waals surface area contributed by atoms with Crippen LogP contribution in [0.25, 0.3) is 0 Å². The number of hydrogen-bond acceptors (Lipinski definition) is 3. The number of likely N-dealkylation sites (tertiary alicyclic amines) is 1. The first-order valence-electron chi connectivity index (χ1n) is 7.77. The molecule has 1 N–H and O–H groups in total. The van der Waals surface area contributed by atoms with Crippen molar-refractivity contribution >= 4 is 5.91 Å². The number of ether oxygens (including phenoxy) is 1. The fourth-order valence-corrected chi connectivity index (χ4v) is 3.01. The summed E-state index contributed by atoms with van der Waals surface area (Å²) in [6, 6.07) is 7.78. The number of β-amino-alcohol motifs (C(OH)–C–C–N with tert-alkyl or cyclic N) is 1. The third-order valence-corrected chi connectivity index (χ3v) is 4.69. The van der Waals surface area contributed by atoms with E-state index in [9.17, 15) is 9.90 Å². The average Bonchev–Trinajstić information content (AvgIpc) is 2.79. The molecular weight excluding hydrogens is 266 g/mol. The number of carbonyl (C=O) groups excluding carboxylic acids is 1. The number of benzene rings is 1. The van der Waals surface area contributed by atoms with Crippen LogP contribution in [0.5, 0.6) is 5.75 Å². The second-order valence-electron chi connectivity index (χ2n) is 6.42. The normalized spacial score (nSPS) is 25.7. The molecule has 114 valence electrons. The highest BCUT2D eigenvalue weighted by Gasteiger charge is 2.41. The summed E-state index contributed by atoms with van der Waals surface area (Å²) < 4.78 is 5.76. The molecule has 0 bridgehead atoms. The van der Waals surface area contributed by atoms with E-state index in [0.717, 1.165) is 30.6 Å². The van der Waals surface area contributed by atoms with Gasteiger partial charge in [-0.05, 0) is 37.8 Å². The van der Waals surface area contributed by atoms with E-state index in [4.69, 9.17) is 4.74 Å². The van der Waals surface area contributed by atoms with Crippen molar-refractivity contribution in [2.75, 3.05) is 19.7 Å². The van der Waals surface area contributed by atoms with Crippen LogP contribution >= 0.6 is 0 Å². The van der Waals surface area contributed by atoms with Crippen LogP contribution < -0.4 is 4.74 Å². The molecule has 1 amide bonds. The number of aryl methyl sites for hydroxylation is 1. The van der Waals surface area contributed by atoms with Crippen molar-refractivity contribution in [3.8, 4) is 5.75 Å². The molecule has 0 aromatic heterocycles. The predicted molar refractivity (Wildman–Crippen MR) is 80.2 cm³/mol. The summed E-state index contributed by atoms with van der Waals surface area (Å²) in [7, 11) is 0. The van der Waals surface area contributed by atoms with Crippen molar-refractivity contribution in [2.24, 2.45) is 5.92 Å². The Labute approximate surface area is 125 Å². The second kappa shape index (κ2) is 5.68. The Morgan fingerprint density at radius 3 is 2.86 bits per heavy atom. The van der Waals surface area contributed by atoms with Gasteiger partial charge in [0.05, 0.1) is 6.54 Å². The summed E-state index contributed by atoms with van der Waals surface area (Å²) in [6.07, 6.45) is 3.77. The van der Waals surface area contributed by atoms with E-state index in [1.54, 1.807) is 0 Å². The van der Waals surface area contributed by atoms with Crippen molar-refractivity contribution in [1.82, 2.24) is 4.90 Å². The molecule has 2 fully saturated rings. The minimum atomic E-state index is -0.915. The SMILES string of the molecule is Cc1ccccc1OC[C@]1(O)CCN(C(=O)C2CCC2)C1. The van der Waals surface area contributed by atoms with E-state index in [1.807, 2.05) is 36.1 Å². The molecule has 3 rings (SSSR count). The predicted octanol–water partition coefficient (Wildman–Crippen LogP) is 2.14. The van der Waals surface area contributed by atoms with Crippen LogP contribution in [0.3, 0.4) is 0 Å². The number of carbonyl (C=O) groups is 1. The van der Waals surface area contributed by atoms with Gasteiger partial charge in [-0.2, -0.15) is 0 Å². The average molecular weight is 289 g/mol. The lowest BCUT2D eigenvalue weighted by Crippen LogP contribution is -2.43. The van der Waals surface area contributed by atoms with Crippen LogP contribution in [-0.4, -0.2) is 41.2 Å². The van der Waals surface area contributed by atoms with Crippen molar-refractivity contribution in [2.45, 2.75) is 38.2 Å². The first-order valence-corrected chi connectivity index (χ1v) is 7.77. The highest BCUT2D eigenvalue weighted by Crippen LogP contribution is 2.31. The minimum absolute atomic E-state index is 0.199.